The Kier molecular flexibility index (Phi) is 7.77. The predicted octanol–water partition coefficient (Wildman–Crippen LogP) is 4.12. The first-order chi connectivity index (χ1) is 18.6. The minimum atomic E-state index is -4.42. The largest absolute Gasteiger partial charge is 0.507 e. The number of benzene rings is 4. The summed E-state index contributed by atoms with van der Waals surface area (Å²) in [5.74, 6) is -0.367. The fourth-order valence-electron chi connectivity index (χ4n) is 3.89. The van der Waals surface area contributed by atoms with Gasteiger partial charge in [-0.15, -0.1) is 0 Å². The summed E-state index contributed by atoms with van der Waals surface area (Å²) in [6.45, 7) is 0.810. The minimum Gasteiger partial charge on any atom is -0.507 e. The zero-order valence-electron chi connectivity index (χ0n) is 20.9. The van der Waals surface area contributed by atoms with Gasteiger partial charge in [0.1, 0.15) is 18.0 Å². The van der Waals surface area contributed by atoms with Gasteiger partial charge in [-0.2, -0.15) is 5.10 Å². The number of methoxy groups -OCH3 is 1. The van der Waals surface area contributed by atoms with Crippen molar-refractivity contribution in [2.24, 2.45) is 5.10 Å². The number of nitro groups is 1. The molecule has 0 aliphatic heterocycles. The van der Waals surface area contributed by atoms with Crippen molar-refractivity contribution in [2.75, 3.05) is 18.0 Å². The van der Waals surface area contributed by atoms with Crippen molar-refractivity contribution in [3.05, 3.63) is 100 Å². The third-order valence-corrected chi connectivity index (χ3v) is 7.71. The summed E-state index contributed by atoms with van der Waals surface area (Å²) in [7, 11) is -2.97. The lowest BCUT2D eigenvalue weighted by Crippen LogP contribution is -2.39. The average molecular weight is 549 g/mol. The highest BCUT2D eigenvalue weighted by Gasteiger charge is 2.29. The van der Waals surface area contributed by atoms with Gasteiger partial charge < -0.3 is 9.84 Å². The van der Waals surface area contributed by atoms with Crippen LogP contribution in [0.15, 0.2) is 88.9 Å². The predicted molar refractivity (Wildman–Crippen MR) is 147 cm³/mol. The van der Waals surface area contributed by atoms with E-state index in [2.05, 4.69) is 10.5 Å². The SMILES string of the molecule is COc1ccc(N(CC(=O)N/N=C\c2c(O)ccc3ccccc23)S(=O)(=O)c2ccc(C)c([N+](=O)[O-])c2)cc1. The van der Waals surface area contributed by atoms with Gasteiger partial charge in [0.2, 0.25) is 0 Å². The molecule has 0 saturated heterocycles. The molecule has 0 aliphatic carbocycles. The number of fused-ring (bicyclic) bond motifs is 1. The number of phenolic OH excluding ortho intramolecular Hbond substituents is 1. The summed E-state index contributed by atoms with van der Waals surface area (Å²) >= 11 is 0. The van der Waals surface area contributed by atoms with Crippen molar-refractivity contribution in [1.82, 2.24) is 5.43 Å². The molecule has 0 saturated carbocycles. The number of amides is 1. The van der Waals surface area contributed by atoms with Gasteiger partial charge in [0.05, 0.1) is 28.8 Å². The molecule has 0 heterocycles. The van der Waals surface area contributed by atoms with Gasteiger partial charge >= 0.3 is 0 Å². The number of rotatable bonds is 9. The number of nitro benzene ring substituents is 1. The molecule has 0 spiro atoms. The molecule has 0 atom stereocenters. The van der Waals surface area contributed by atoms with Gasteiger partial charge in [-0.3, -0.25) is 19.2 Å². The topological polar surface area (TPSA) is 151 Å². The molecular formula is C27H24N4O7S. The monoisotopic (exact) mass is 548 g/mol. The Bertz CT molecular complexity index is 1690. The molecule has 4 aromatic rings. The maximum atomic E-state index is 13.6. The second kappa shape index (κ2) is 11.2. The van der Waals surface area contributed by atoms with Crippen molar-refractivity contribution in [1.29, 1.82) is 0 Å². The van der Waals surface area contributed by atoms with Crippen molar-refractivity contribution in [2.45, 2.75) is 11.8 Å². The number of phenols is 1. The van der Waals surface area contributed by atoms with Crippen LogP contribution in [0.25, 0.3) is 10.8 Å². The molecular weight excluding hydrogens is 524 g/mol. The van der Waals surface area contributed by atoms with Crippen LogP contribution in [0, 0.1) is 17.0 Å². The molecule has 0 fully saturated rings. The zero-order chi connectivity index (χ0) is 28.2. The molecule has 0 aromatic heterocycles. The Morgan fingerprint density at radius 3 is 2.51 bits per heavy atom. The van der Waals surface area contributed by atoms with E-state index in [1.165, 1.54) is 62.7 Å². The van der Waals surface area contributed by atoms with E-state index >= 15 is 0 Å². The molecule has 4 rings (SSSR count). The van der Waals surface area contributed by atoms with Gasteiger partial charge in [-0.1, -0.05) is 36.4 Å². The number of hydrazone groups is 1. The van der Waals surface area contributed by atoms with Crippen LogP contribution in [0.5, 0.6) is 11.5 Å². The summed E-state index contributed by atoms with van der Waals surface area (Å²) in [5.41, 5.74) is 2.72. The van der Waals surface area contributed by atoms with Crippen molar-refractivity contribution in [3.8, 4) is 11.5 Å². The zero-order valence-corrected chi connectivity index (χ0v) is 21.8. The maximum absolute atomic E-state index is 13.6. The van der Waals surface area contributed by atoms with E-state index in [-0.39, 0.29) is 22.0 Å². The van der Waals surface area contributed by atoms with E-state index in [9.17, 15) is 28.4 Å². The van der Waals surface area contributed by atoms with Crippen LogP contribution in [0.3, 0.4) is 0 Å². The summed E-state index contributed by atoms with van der Waals surface area (Å²) in [4.78, 5) is 23.3. The lowest BCUT2D eigenvalue weighted by atomic mass is 10.0. The Morgan fingerprint density at radius 1 is 1.10 bits per heavy atom. The maximum Gasteiger partial charge on any atom is 0.273 e. The normalized spacial score (nSPS) is 11.4. The number of nitrogens with zero attached hydrogens (tertiary/aromatic N) is 3. The van der Waals surface area contributed by atoms with Crippen molar-refractivity contribution in [3.63, 3.8) is 0 Å². The number of hydrogen-bond donors (Lipinski definition) is 2. The fourth-order valence-corrected chi connectivity index (χ4v) is 5.33. The smallest absolute Gasteiger partial charge is 0.273 e. The highest BCUT2D eigenvalue weighted by Crippen LogP contribution is 2.29. The molecule has 200 valence electrons. The molecule has 11 nitrogen and oxygen atoms in total. The first-order valence-electron chi connectivity index (χ1n) is 11.6. The molecule has 0 radical (unpaired) electrons. The van der Waals surface area contributed by atoms with Crippen LogP contribution in [0.2, 0.25) is 0 Å². The van der Waals surface area contributed by atoms with Crippen LogP contribution in [0.1, 0.15) is 11.1 Å². The molecule has 12 heteroatoms. The van der Waals surface area contributed by atoms with Gasteiger partial charge in [-0.25, -0.2) is 13.8 Å². The van der Waals surface area contributed by atoms with Crippen LogP contribution in [-0.2, 0) is 14.8 Å². The quantitative estimate of drug-likeness (QED) is 0.181. The number of aromatic hydroxyl groups is 1. The highest BCUT2D eigenvalue weighted by atomic mass is 32.2. The van der Waals surface area contributed by atoms with Crippen LogP contribution in [0.4, 0.5) is 11.4 Å². The lowest BCUT2D eigenvalue weighted by Gasteiger charge is -2.24. The Labute approximate surface area is 224 Å². The number of hydrogen-bond acceptors (Lipinski definition) is 8. The Morgan fingerprint density at radius 2 is 1.82 bits per heavy atom. The summed E-state index contributed by atoms with van der Waals surface area (Å²) < 4.78 is 33.2. The number of sulfonamides is 1. The number of nitrogens with one attached hydrogen (secondary N) is 1. The second-order valence-electron chi connectivity index (χ2n) is 8.43. The first kappa shape index (κ1) is 27.1. The van der Waals surface area contributed by atoms with Crippen LogP contribution < -0.4 is 14.5 Å². The molecule has 39 heavy (non-hydrogen) atoms. The minimum absolute atomic E-state index is 0.0462. The van der Waals surface area contributed by atoms with E-state index in [4.69, 9.17) is 4.74 Å². The third-order valence-electron chi connectivity index (χ3n) is 5.94. The van der Waals surface area contributed by atoms with E-state index < -0.39 is 27.4 Å². The van der Waals surface area contributed by atoms with Gasteiger partial charge in [-0.05, 0) is 54.1 Å². The molecule has 4 aromatic carbocycles. The molecule has 0 bridgehead atoms. The average Bonchev–Trinajstić information content (AvgIpc) is 2.93. The molecule has 1 amide bonds. The highest BCUT2D eigenvalue weighted by molar-refractivity contribution is 7.92. The lowest BCUT2D eigenvalue weighted by molar-refractivity contribution is -0.385. The first-order valence-corrected chi connectivity index (χ1v) is 13.0. The fraction of sp³-hybridized carbons (Fsp3) is 0.111. The second-order valence-corrected chi connectivity index (χ2v) is 10.3. The Balaban J connectivity index is 1.64. The van der Waals surface area contributed by atoms with Crippen LogP contribution >= 0.6 is 0 Å². The van der Waals surface area contributed by atoms with Gasteiger partial charge in [0.15, 0.2) is 0 Å². The summed E-state index contributed by atoms with van der Waals surface area (Å²) in [6, 6.07) is 20.0. The number of carbonyl (C=O) groups is 1. The van der Waals surface area contributed by atoms with Crippen molar-refractivity contribution < 1.29 is 28.0 Å². The van der Waals surface area contributed by atoms with Gasteiger partial charge in [0, 0.05) is 17.2 Å². The molecule has 2 N–H and O–H groups in total. The van der Waals surface area contributed by atoms with E-state index in [0.29, 0.717) is 22.3 Å². The number of carbonyl (C=O) groups excluding carboxylic acids is 1. The number of ether oxygens (including phenoxy) is 1. The van der Waals surface area contributed by atoms with E-state index in [1.807, 2.05) is 12.1 Å². The van der Waals surface area contributed by atoms with E-state index in [1.54, 1.807) is 18.2 Å². The van der Waals surface area contributed by atoms with E-state index in [0.717, 1.165) is 15.8 Å². The number of anilines is 1. The standard InChI is InChI=1S/C27H24N4O7S/c1-18-7-13-22(15-25(18)31(34)35)39(36,37)30(20-9-11-21(38-2)12-10-20)17-27(33)29-28-16-24-23-6-4-3-5-19(23)8-14-26(24)32/h3-16,32H,17H2,1-2H3,(H,29,33)/b28-16-. The van der Waals surface area contributed by atoms with Gasteiger partial charge in [0.25, 0.3) is 21.6 Å². The van der Waals surface area contributed by atoms with Crippen LogP contribution in [-0.4, -0.2) is 44.2 Å². The molecule has 0 unspecified atom stereocenters. The Hall–Kier alpha value is -4.97. The molecule has 0 aliphatic rings. The summed E-state index contributed by atoms with van der Waals surface area (Å²) in [5, 5.41) is 27.2. The number of aryl methyl sites for hydroxylation is 1. The summed E-state index contributed by atoms with van der Waals surface area (Å²) in [6.07, 6.45) is 1.27. The third kappa shape index (κ3) is 5.80. The van der Waals surface area contributed by atoms with Crippen molar-refractivity contribution >= 4 is 44.3 Å².